The van der Waals surface area contributed by atoms with Gasteiger partial charge in [-0.3, -0.25) is 0 Å². The number of rotatable bonds is 3. The summed E-state index contributed by atoms with van der Waals surface area (Å²) in [6.07, 6.45) is 5.15. The van der Waals surface area contributed by atoms with Crippen molar-refractivity contribution in [2.45, 2.75) is 52.1 Å². The lowest BCUT2D eigenvalue weighted by molar-refractivity contribution is 0.334. The minimum absolute atomic E-state index is 0.477. The molecular formula is C14H24N4. The number of nitrogens with zero attached hydrogens (tertiary/aromatic N) is 3. The van der Waals surface area contributed by atoms with Gasteiger partial charge in [0, 0.05) is 25.3 Å². The number of nitrogens with two attached hydrogens (primary N) is 1. The van der Waals surface area contributed by atoms with E-state index < -0.39 is 0 Å². The highest BCUT2D eigenvalue weighted by Crippen LogP contribution is 2.28. The van der Waals surface area contributed by atoms with Crippen LogP contribution in [0, 0.1) is 12.8 Å². The maximum absolute atomic E-state index is 5.68. The fraction of sp³-hybridized carbons (Fsp3) is 0.714. The molecule has 0 amide bonds. The van der Waals surface area contributed by atoms with Crippen molar-refractivity contribution in [3.8, 4) is 0 Å². The van der Waals surface area contributed by atoms with Crippen molar-refractivity contribution in [3.05, 3.63) is 17.5 Å². The average molecular weight is 248 g/mol. The topological polar surface area (TPSA) is 55.0 Å². The van der Waals surface area contributed by atoms with Gasteiger partial charge in [0.15, 0.2) is 0 Å². The monoisotopic (exact) mass is 248 g/mol. The number of hydrogen-bond donors (Lipinski definition) is 1. The van der Waals surface area contributed by atoms with Crippen LogP contribution in [0.25, 0.3) is 0 Å². The second-order valence-corrected chi connectivity index (χ2v) is 5.54. The van der Waals surface area contributed by atoms with Gasteiger partial charge in [-0.25, -0.2) is 9.97 Å². The second kappa shape index (κ2) is 5.65. The molecule has 0 saturated heterocycles. The number of aryl methyl sites for hydroxylation is 1. The summed E-state index contributed by atoms with van der Waals surface area (Å²) in [5.41, 5.74) is 7.60. The van der Waals surface area contributed by atoms with Crippen LogP contribution in [0.15, 0.2) is 6.07 Å². The van der Waals surface area contributed by atoms with Crippen LogP contribution in [-0.4, -0.2) is 23.1 Å². The normalized spacial score (nSPS) is 24.0. The van der Waals surface area contributed by atoms with E-state index in [1.54, 1.807) is 0 Å². The Morgan fingerprint density at radius 3 is 2.83 bits per heavy atom. The first-order valence-corrected chi connectivity index (χ1v) is 6.87. The summed E-state index contributed by atoms with van der Waals surface area (Å²) in [5.74, 6) is 1.64. The van der Waals surface area contributed by atoms with E-state index in [1.165, 1.54) is 25.7 Å². The molecule has 0 aromatic carbocycles. The van der Waals surface area contributed by atoms with Crippen LogP contribution in [0.4, 0.5) is 5.95 Å². The molecule has 1 aliphatic rings. The summed E-state index contributed by atoms with van der Waals surface area (Å²) in [7, 11) is 2.11. The Bertz CT molecular complexity index is 405. The van der Waals surface area contributed by atoms with Crippen molar-refractivity contribution >= 4 is 5.95 Å². The van der Waals surface area contributed by atoms with Crippen LogP contribution < -0.4 is 10.6 Å². The highest BCUT2D eigenvalue weighted by molar-refractivity contribution is 5.33. The van der Waals surface area contributed by atoms with E-state index in [9.17, 15) is 0 Å². The maximum atomic E-state index is 5.68. The Balaban J connectivity index is 2.16. The molecule has 1 saturated carbocycles. The van der Waals surface area contributed by atoms with Gasteiger partial charge >= 0.3 is 0 Å². The van der Waals surface area contributed by atoms with E-state index in [0.717, 1.165) is 23.3 Å². The molecule has 1 aromatic heterocycles. The first kappa shape index (κ1) is 13.3. The molecule has 1 heterocycles. The maximum Gasteiger partial charge on any atom is 0.225 e. The fourth-order valence-corrected chi connectivity index (χ4v) is 2.80. The van der Waals surface area contributed by atoms with E-state index >= 15 is 0 Å². The third-order valence-corrected chi connectivity index (χ3v) is 3.88. The summed E-state index contributed by atoms with van der Waals surface area (Å²) in [6, 6.07) is 2.53. The molecule has 2 N–H and O–H groups in total. The van der Waals surface area contributed by atoms with Gasteiger partial charge in [-0.05, 0) is 31.7 Å². The van der Waals surface area contributed by atoms with Crippen molar-refractivity contribution < 1.29 is 0 Å². The van der Waals surface area contributed by atoms with Crippen LogP contribution >= 0.6 is 0 Å². The molecule has 4 heteroatoms. The molecule has 18 heavy (non-hydrogen) atoms. The van der Waals surface area contributed by atoms with Gasteiger partial charge in [0.1, 0.15) is 0 Å². The molecule has 0 bridgehead atoms. The summed E-state index contributed by atoms with van der Waals surface area (Å²) in [4.78, 5) is 11.3. The highest BCUT2D eigenvalue weighted by atomic mass is 15.3. The lowest BCUT2D eigenvalue weighted by Crippen LogP contribution is -2.36. The van der Waals surface area contributed by atoms with Gasteiger partial charge in [0.2, 0.25) is 5.95 Å². The molecule has 0 radical (unpaired) electrons. The Morgan fingerprint density at radius 1 is 1.39 bits per heavy atom. The van der Waals surface area contributed by atoms with Crippen LogP contribution in [0.5, 0.6) is 0 Å². The molecule has 4 nitrogen and oxygen atoms in total. The zero-order valence-corrected chi connectivity index (χ0v) is 11.7. The van der Waals surface area contributed by atoms with E-state index in [0.29, 0.717) is 12.6 Å². The van der Waals surface area contributed by atoms with Crippen molar-refractivity contribution in [2.24, 2.45) is 11.7 Å². The van der Waals surface area contributed by atoms with Gasteiger partial charge < -0.3 is 10.6 Å². The molecule has 2 atom stereocenters. The third kappa shape index (κ3) is 2.99. The predicted octanol–water partition coefficient (Wildman–Crippen LogP) is 2.26. The Kier molecular flexibility index (Phi) is 4.17. The summed E-state index contributed by atoms with van der Waals surface area (Å²) >= 11 is 0. The molecule has 2 rings (SSSR count). The van der Waals surface area contributed by atoms with Gasteiger partial charge in [-0.2, -0.15) is 0 Å². The van der Waals surface area contributed by atoms with Crippen molar-refractivity contribution in [1.82, 2.24) is 9.97 Å². The van der Waals surface area contributed by atoms with Gasteiger partial charge in [-0.1, -0.05) is 19.8 Å². The highest BCUT2D eigenvalue weighted by Gasteiger charge is 2.24. The largest absolute Gasteiger partial charge is 0.341 e. The van der Waals surface area contributed by atoms with Crippen LogP contribution in [0.1, 0.15) is 44.0 Å². The second-order valence-electron chi connectivity index (χ2n) is 5.54. The summed E-state index contributed by atoms with van der Waals surface area (Å²) in [6.45, 7) is 4.81. The summed E-state index contributed by atoms with van der Waals surface area (Å²) in [5, 5.41) is 0. The molecule has 1 fully saturated rings. The molecule has 0 spiro atoms. The molecule has 2 unspecified atom stereocenters. The minimum atomic E-state index is 0.477. The van der Waals surface area contributed by atoms with Crippen molar-refractivity contribution in [3.63, 3.8) is 0 Å². The van der Waals surface area contributed by atoms with E-state index in [4.69, 9.17) is 5.73 Å². The predicted molar refractivity (Wildman–Crippen MR) is 74.5 cm³/mol. The molecule has 1 aliphatic carbocycles. The number of hydrogen-bond acceptors (Lipinski definition) is 4. The molecule has 1 aromatic rings. The fourth-order valence-electron chi connectivity index (χ4n) is 2.80. The molecule has 0 aliphatic heterocycles. The summed E-state index contributed by atoms with van der Waals surface area (Å²) < 4.78 is 0. The molecule has 100 valence electrons. The average Bonchev–Trinajstić information content (AvgIpc) is 2.37. The molecular weight excluding hydrogens is 224 g/mol. The quantitative estimate of drug-likeness (QED) is 0.891. The van der Waals surface area contributed by atoms with Crippen molar-refractivity contribution in [2.75, 3.05) is 11.9 Å². The van der Waals surface area contributed by atoms with Crippen LogP contribution in [0.2, 0.25) is 0 Å². The SMILES string of the molecule is Cc1cc(CN)nc(N(C)C2CCCC(C)C2)n1. The Labute approximate surface area is 110 Å². The zero-order chi connectivity index (χ0) is 13.1. The smallest absolute Gasteiger partial charge is 0.225 e. The Hall–Kier alpha value is -1.16. The zero-order valence-electron chi connectivity index (χ0n) is 11.7. The lowest BCUT2D eigenvalue weighted by atomic mass is 9.86. The standard InChI is InChI=1S/C14H24N4/c1-10-5-4-6-13(7-10)18(3)14-16-11(2)8-12(9-15)17-14/h8,10,13H,4-7,9,15H2,1-3H3. The first-order chi connectivity index (χ1) is 8.60. The van der Waals surface area contributed by atoms with E-state index in [1.807, 2.05) is 13.0 Å². The minimum Gasteiger partial charge on any atom is -0.341 e. The first-order valence-electron chi connectivity index (χ1n) is 6.87. The number of aromatic nitrogens is 2. The lowest BCUT2D eigenvalue weighted by Gasteiger charge is -2.34. The van der Waals surface area contributed by atoms with Crippen molar-refractivity contribution in [1.29, 1.82) is 0 Å². The Morgan fingerprint density at radius 2 is 2.17 bits per heavy atom. The number of anilines is 1. The van der Waals surface area contributed by atoms with Gasteiger partial charge in [-0.15, -0.1) is 0 Å². The third-order valence-electron chi connectivity index (χ3n) is 3.88. The van der Waals surface area contributed by atoms with Gasteiger partial charge in [0.05, 0.1) is 5.69 Å². The van der Waals surface area contributed by atoms with Crippen LogP contribution in [0.3, 0.4) is 0 Å². The van der Waals surface area contributed by atoms with Crippen LogP contribution in [-0.2, 0) is 6.54 Å². The van der Waals surface area contributed by atoms with Gasteiger partial charge in [0.25, 0.3) is 0 Å². The van der Waals surface area contributed by atoms with E-state index in [-0.39, 0.29) is 0 Å². The van der Waals surface area contributed by atoms with E-state index in [2.05, 4.69) is 28.8 Å².